The number of methoxy groups -OCH3 is 1. The minimum absolute atomic E-state index is 0.0807. The second-order valence-corrected chi connectivity index (χ2v) is 5.50. The summed E-state index contributed by atoms with van der Waals surface area (Å²) < 4.78 is 4.79. The van der Waals surface area contributed by atoms with Crippen LogP contribution in [0, 0.1) is 0 Å². The number of ether oxygens (including phenoxy) is 1. The number of carbonyl (C=O) groups excluding carboxylic acids is 2. The Morgan fingerprint density at radius 2 is 1.77 bits per heavy atom. The molecule has 1 rings (SSSR count). The minimum atomic E-state index is -0.615. The zero-order valence-electron chi connectivity index (χ0n) is 13.6. The van der Waals surface area contributed by atoms with Gasteiger partial charge in [-0.1, -0.05) is 62.9 Å². The minimum Gasteiger partial charge on any atom is -0.467 e. The number of unbranched alkanes of at least 4 members (excludes halogenated alkanes) is 4. The lowest BCUT2D eigenvalue weighted by Gasteiger charge is -2.16. The first-order valence-corrected chi connectivity index (χ1v) is 8.08. The highest BCUT2D eigenvalue weighted by Crippen LogP contribution is 2.07. The Balaban J connectivity index is 2.44. The van der Waals surface area contributed by atoms with Crippen molar-refractivity contribution in [3.05, 3.63) is 35.9 Å². The van der Waals surface area contributed by atoms with Crippen molar-refractivity contribution < 1.29 is 14.3 Å². The maximum atomic E-state index is 12.0. The van der Waals surface area contributed by atoms with Gasteiger partial charge in [-0.25, -0.2) is 4.79 Å². The van der Waals surface area contributed by atoms with Crippen LogP contribution >= 0.6 is 0 Å². The average Bonchev–Trinajstić information content (AvgIpc) is 2.54. The van der Waals surface area contributed by atoms with Crippen LogP contribution < -0.4 is 5.32 Å². The Labute approximate surface area is 133 Å². The molecule has 0 saturated carbocycles. The fraction of sp³-hybridized carbons (Fsp3) is 0.556. The Morgan fingerprint density at radius 1 is 1.09 bits per heavy atom. The molecule has 1 aromatic carbocycles. The molecule has 0 spiro atoms. The molecule has 0 saturated heterocycles. The van der Waals surface area contributed by atoms with Crippen LogP contribution in [0.1, 0.15) is 51.0 Å². The molecule has 0 aliphatic rings. The molecule has 0 fully saturated rings. The molecule has 4 heteroatoms. The van der Waals surface area contributed by atoms with Gasteiger partial charge in [0.2, 0.25) is 5.91 Å². The highest BCUT2D eigenvalue weighted by atomic mass is 16.5. The molecule has 1 amide bonds. The van der Waals surface area contributed by atoms with Crippen LogP contribution in [0.3, 0.4) is 0 Å². The lowest BCUT2D eigenvalue weighted by atomic mass is 10.1. The molecule has 0 aliphatic carbocycles. The summed E-state index contributed by atoms with van der Waals surface area (Å²) in [5, 5.41) is 2.79. The third-order valence-electron chi connectivity index (χ3n) is 3.61. The third-order valence-corrected chi connectivity index (χ3v) is 3.61. The van der Waals surface area contributed by atoms with E-state index in [1.165, 1.54) is 20.0 Å². The Bertz CT molecular complexity index is 445. The maximum Gasteiger partial charge on any atom is 0.328 e. The van der Waals surface area contributed by atoms with Crippen LogP contribution in [0.5, 0.6) is 0 Å². The number of hydrogen-bond donors (Lipinski definition) is 1. The molecule has 1 atom stereocenters. The van der Waals surface area contributed by atoms with Crippen molar-refractivity contribution in [1.29, 1.82) is 0 Å². The molecule has 4 nitrogen and oxygen atoms in total. The van der Waals surface area contributed by atoms with Gasteiger partial charge in [-0.3, -0.25) is 4.79 Å². The van der Waals surface area contributed by atoms with E-state index in [2.05, 4.69) is 12.2 Å². The summed E-state index contributed by atoms with van der Waals surface area (Å²) in [6.07, 6.45) is 6.40. The van der Waals surface area contributed by atoms with Crippen molar-refractivity contribution in [3.8, 4) is 0 Å². The topological polar surface area (TPSA) is 55.4 Å². The lowest BCUT2D eigenvalue weighted by Crippen LogP contribution is -2.43. The number of amides is 1. The van der Waals surface area contributed by atoms with Crippen LogP contribution in [0.25, 0.3) is 0 Å². The lowest BCUT2D eigenvalue weighted by molar-refractivity contribution is -0.145. The Hall–Kier alpha value is -1.84. The van der Waals surface area contributed by atoms with Crippen molar-refractivity contribution in [2.24, 2.45) is 0 Å². The second-order valence-electron chi connectivity index (χ2n) is 5.50. The second kappa shape index (κ2) is 10.8. The highest BCUT2D eigenvalue weighted by Gasteiger charge is 2.21. The number of rotatable bonds is 10. The highest BCUT2D eigenvalue weighted by molar-refractivity contribution is 5.84. The van der Waals surface area contributed by atoms with E-state index < -0.39 is 12.0 Å². The van der Waals surface area contributed by atoms with Crippen molar-refractivity contribution in [2.45, 2.75) is 57.9 Å². The molecule has 1 N–H and O–H groups in total. The molecule has 122 valence electrons. The molecule has 0 heterocycles. The first kappa shape index (κ1) is 18.2. The fourth-order valence-corrected chi connectivity index (χ4v) is 2.34. The van der Waals surface area contributed by atoms with Crippen molar-refractivity contribution in [1.82, 2.24) is 5.32 Å². The van der Waals surface area contributed by atoms with Gasteiger partial charge in [0.05, 0.1) is 7.11 Å². The van der Waals surface area contributed by atoms with Crippen molar-refractivity contribution in [2.75, 3.05) is 7.11 Å². The number of carbonyl (C=O) groups is 2. The van der Waals surface area contributed by atoms with E-state index in [1.807, 2.05) is 30.3 Å². The largest absolute Gasteiger partial charge is 0.467 e. The van der Waals surface area contributed by atoms with Gasteiger partial charge in [0.15, 0.2) is 0 Å². The molecule has 0 bridgehead atoms. The van der Waals surface area contributed by atoms with Crippen LogP contribution in [-0.4, -0.2) is 25.0 Å². The van der Waals surface area contributed by atoms with E-state index >= 15 is 0 Å². The number of hydrogen-bond acceptors (Lipinski definition) is 3. The number of esters is 1. The average molecular weight is 305 g/mol. The molecule has 22 heavy (non-hydrogen) atoms. The molecule has 0 aromatic heterocycles. The van der Waals surface area contributed by atoms with Gasteiger partial charge in [0, 0.05) is 12.8 Å². The van der Waals surface area contributed by atoms with Gasteiger partial charge in [-0.2, -0.15) is 0 Å². The molecule has 0 aliphatic heterocycles. The summed E-state index contributed by atoms with van der Waals surface area (Å²) in [5.41, 5.74) is 1.00. The van der Waals surface area contributed by atoms with Crippen molar-refractivity contribution in [3.63, 3.8) is 0 Å². The van der Waals surface area contributed by atoms with Gasteiger partial charge in [-0.05, 0) is 12.0 Å². The Kier molecular flexibility index (Phi) is 8.96. The molecule has 0 radical (unpaired) electrons. The zero-order valence-corrected chi connectivity index (χ0v) is 13.6. The summed E-state index contributed by atoms with van der Waals surface area (Å²) in [6, 6.07) is 9.01. The maximum absolute atomic E-state index is 12.0. The first-order valence-electron chi connectivity index (χ1n) is 8.08. The predicted octanol–water partition coefficient (Wildman–Crippen LogP) is 3.25. The van der Waals surface area contributed by atoms with E-state index in [1.54, 1.807) is 0 Å². The summed E-state index contributed by atoms with van der Waals surface area (Å²) in [5.74, 6) is -0.481. The van der Waals surface area contributed by atoms with Crippen molar-refractivity contribution >= 4 is 11.9 Å². The number of nitrogens with one attached hydrogen (secondary N) is 1. The molecule has 1 aromatic rings. The quantitative estimate of drug-likeness (QED) is 0.533. The Morgan fingerprint density at radius 3 is 2.41 bits per heavy atom. The standard InChI is InChI=1S/C18H27NO3/c1-3-4-5-6-10-13-17(20)19-16(18(21)22-2)14-15-11-8-7-9-12-15/h7-9,11-12,16H,3-6,10,13-14H2,1-2H3,(H,19,20). The summed E-state index contributed by atoms with van der Waals surface area (Å²) in [6.45, 7) is 2.16. The zero-order chi connectivity index (χ0) is 16.2. The summed E-state index contributed by atoms with van der Waals surface area (Å²) >= 11 is 0. The van der Waals surface area contributed by atoms with Crippen LogP contribution in [0.4, 0.5) is 0 Å². The van der Waals surface area contributed by atoms with Crippen LogP contribution in [0.15, 0.2) is 30.3 Å². The van der Waals surface area contributed by atoms with Gasteiger partial charge in [0.25, 0.3) is 0 Å². The smallest absolute Gasteiger partial charge is 0.328 e. The van der Waals surface area contributed by atoms with Gasteiger partial charge in [0.1, 0.15) is 6.04 Å². The number of benzene rings is 1. The molecular weight excluding hydrogens is 278 g/mol. The monoisotopic (exact) mass is 305 g/mol. The fourth-order valence-electron chi connectivity index (χ4n) is 2.34. The predicted molar refractivity (Wildman–Crippen MR) is 87.5 cm³/mol. The van der Waals surface area contributed by atoms with E-state index in [9.17, 15) is 9.59 Å². The van der Waals surface area contributed by atoms with E-state index in [-0.39, 0.29) is 5.91 Å². The van der Waals surface area contributed by atoms with Crippen LogP contribution in [-0.2, 0) is 20.7 Å². The van der Waals surface area contributed by atoms with E-state index in [0.29, 0.717) is 12.8 Å². The van der Waals surface area contributed by atoms with Gasteiger partial charge < -0.3 is 10.1 Å². The molecular formula is C18H27NO3. The normalized spacial score (nSPS) is 11.7. The van der Waals surface area contributed by atoms with E-state index in [0.717, 1.165) is 24.8 Å². The van der Waals surface area contributed by atoms with Gasteiger partial charge >= 0.3 is 5.97 Å². The SMILES string of the molecule is CCCCCCCC(=O)NC(Cc1ccccc1)C(=O)OC. The summed E-state index contributed by atoms with van der Waals surface area (Å²) in [4.78, 5) is 23.8. The van der Waals surface area contributed by atoms with Gasteiger partial charge in [-0.15, -0.1) is 0 Å². The molecule has 1 unspecified atom stereocenters. The van der Waals surface area contributed by atoms with E-state index in [4.69, 9.17) is 4.74 Å². The first-order chi connectivity index (χ1) is 10.7. The van der Waals surface area contributed by atoms with Crippen LogP contribution in [0.2, 0.25) is 0 Å². The third kappa shape index (κ3) is 7.25. The summed E-state index contributed by atoms with van der Waals surface area (Å²) in [7, 11) is 1.34.